The van der Waals surface area contributed by atoms with E-state index in [1.807, 2.05) is 11.8 Å². The maximum Gasteiger partial charge on any atom is 0.0245 e. The fourth-order valence-corrected chi connectivity index (χ4v) is 3.97. The molecule has 1 N–H and O–H groups in total. The molecular weight excluding hydrogens is 306 g/mol. The van der Waals surface area contributed by atoms with Gasteiger partial charge in [0.2, 0.25) is 0 Å². The predicted octanol–water partition coefficient (Wildman–Crippen LogP) is 5.10. The molecule has 0 saturated heterocycles. The van der Waals surface area contributed by atoms with Gasteiger partial charge in [0.15, 0.2) is 0 Å². The lowest BCUT2D eigenvalue weighted by Gasteiger charge is -2.26. The highest BCUT2D eigenvalue weighted by molar-refractivity contribution is 9.10. The van der Waals surface area contributed by atoms with Crippen LogP contribution in [0.3, 0.4) is 0 Å². The van der Waals surface area contributed by atoms with Gasteiger partial charge >= 0.3 is 0 Å². The zero-order valence-electron chi connectivity index (χ0n) is 11.6. The first-order chi connectivity index (χ1) is 8.71. The standard InChI is InChI=1S/C15H24BrNS/c1-4-8-14(17-6-3)15(5-2)18-13-10-7-9-12(16)11-13/h7,9-11,14-15,17H,4-6,8H2,1-3H3. The lowest BCUT2D eigenvalue weighted by molar-refractivity contribution is 0.465. The molecule has 0 spiro atoms. The molecule has 18 heavy (non-hydrogen) atoms. The molecule has 0 amide bonds. The number of rotatable bonds is 8. The predicted molar refractivity (Wildman–Crippen MR) is 86.5 cm³/mol. The number of halogens is 1. The van der Waals surface area contributed by atoms with Crippen LogP contribution in [0.5, 0.6) is 0 Å². The van der Waals surface area contributed by atoms with Gasteiger partial charge in [0.25, 0.3) is 0 Å². The van der Waals surface area contributed by atoms with Crippen LogP contribution in [0.2, 0.25) is 0 Å². The van der Waals surface area contributed by atoms with Gasteiger partial charge in [-0.05, 0) is 37.6 Å². The Bertz CT molecular complexity index is 337. The Morgan fingerprint density at radius 2 is 2.06 bits per heavy atom. The molecule has 0 aromatic heterocycles. The number of benzene rings is 1. The van der Waals surface area contributed by atoms with Crippen molar-refractivity contribution in [2.24, 2.45) is 0 Å². The summed E-state index contributed by atoms with van der Waals surface area (Å²) in [6.07, 6.45) is 3.70. The first-order valence-corrected chi connectivity index (χ1v) is 8.54. The molecule has 0 bridgehead atoms. The molecule has 0 heterocycles. The number of nitrogens with one attached hydrogen (secondary N) is 1. The Morgan fingerprint density at radius 1 is 1.28 bits per heavy atom. The normalized spacial score (nSPS) is 14.4. The van der Waals surface area contributed by atoms with Gasteiger partial charge in [0, 0.05) is 20.7 Å². The van der Waals surface area contributed by atoms with Crippen LogP contribution in [0, 0.1) is 0 Å². The van der Waals surface area contributed by atoms with Crippen LogP contribution in [0.4, 0.5) is 0 Å². The molecule has 1 aromatic carbocycles. The first-order valence-electron chi connectivity index (χ1n) is 6.86. The summed E-state index contributed by atoms with van der Waals surface area (Å²) >= 11 is 5.54. The summed E-state index contributed by atoms with van der Waals surface area (Å²) in [6.45, 7) is 7.80. The third-order valence-corrected chi connectivity index (χ3v) is 4.98. The Balaban J connectivity index is 2.69. The van der Waals surface area contributed by atoms with E-state index in [4.69, 9.17) is 0 Å². The molecule has 0 radical (unpaired) electrons. The molecule has 0 saturated carbocycles. The maximum atomic E-state index is 3.64. The summed E-state index contributed by atoms with van der Waals surface area (Å²) in [4.78, 5) is 1.36. The minimum Gasteiger partial charge on any atom is -0.313 e. The largest absolute Gasteiger partial charge is 0.313 e. The van der Waals surface area contributed by atoms with E-state index >= 15 is 0 Å². The monoisotopic (exact) mass is 329 g/mol. The van der Waals surface area contributed by atoms with E-state index in [1.165, 1.54) is 24.2 Å². The Morgan fingerprint density at radius 3 is 2.61 bits per heavy atom. The molecule has 2 atom stereocenters. The van der Waals surface area contributed by atoms with Gasteiger partial charge < -0.3 is 5.32 Å². The Kier molecular flexibility index (Phi) is 8.03. The summed E-state index contributed by atoms with van der Waals surface area (Å²) < 4.78 is 1.16. The SMILES string of the molecule is CCCC(NCC)C(CC)Sc1cccc(Br)c1. The number of thioether (sulfide) groups is 1. The molecule has 0 aliphatic rings. The topological polar surface area (TPSA) is 12.0 Å². The second kappa shape index (κ2) is 9.00. The molecule has 0 fully saturated rings. The second-order valence-electron chi connectivity index (χ2n) is 4.47. The van der Waals surface area contributed by atoms with Crippen molar-refractivity contribution in [3.63, 3.8) is 0 Å². The van der Waals surface area contributed by atoms with Crippen molar-refractivity contribution in [2.45, 2.75) is 56.2 Å². The average molecular weight is 330 g/mol. The van der Waals surface area contributed by atoms with Gasteiger partial charge in [-0.1, -0.05) is 49.2 Å². The van der Waals surface area contributed by atoms with Crippen molar-refractivity contribution < 1.29 is 0 Å². The number of hydrogen-bond donors (Lipinski definition) is 1. The third kappa shape index (κ3) is 5.33. The third-order valence-electron chi connectivity index (χ3n) is 3.00. The van der Waals surface area contributed by atoms with Crippen molar-refractivity contribution in [3.8, 4) is 0 Å². The van der Waals surface area contributed by atoms with Crippen molar-refractivity contribution in [3.05, 3.63) is 28.7 Å². The lowest BCUT2D eigenvalue weighted by atomic mass is 10.1. The molecule has 0 aliphatic carbocycles. The van der Waals surface area contributed by atoms with Crippen LogP contribution in [-0.2, 0) is 0 Å². The van der Waals surface area contributed by atoms with Gasteiger partial charge in [-0.15, -0.1) is 11.8 Å². The summed E-state index contributed by atoms with van der Waals surface area (Å²) in [7, 11) is 0. The van der Waals surface area contributed by atoms with Crippen LogP contribution in [0.25, 0.3) is 0 Å². The minimum absolute atomic E-state index is 0.619. The maximum absolute atomic E-state index is 3.64. The average Bonchev–Trinajstić information content (AvgIpc) is 2.36. The van der Waals surface area contributed by atoms with Gasteiger partial charge in [0.05, 0.1) is 0 Å². The number of hydrogen-bond acceptors (Lipinski definition) is 2. The summed E-state index contributed by atoms with van der Waals surface area (Å²) in [6, 6.07) is 9.23. The van der Waals surface area contributed by atoms with Crippen LogP contribution in [0.15, 0.2) is 33.6 Å². The summed E-state index contributed by atoms with van der Waals surface area (Å²) in [5, 5.41) is 4.29. The van der Waals surface area contributed by atoms with Gasteiger partial charge in [-0.25, -0.2) is 0 Å². The van der Waals surface area contributed by atoms with E-state index < -0.39 is 0 Å². The Labute approximate surface area is 124 Å². The van der Waals surface area contributed by atoms with E-state index in [2.05, 4.69) is 66.3 Å². The Hall–Kier alpha value is 0.01000. The lowest BCUT2D eigenvalue weighted by Crippen LogP contribution is -2.37. The molecule has 1 nitrogen and oxygen atoms in total. The molecule has 102 valence electrons. The van der Waals surface area contributed by atoms with Crippen LogP contribution < -0.4 is 5.32 Å². The smallest absolute Gasteiger partial charge is 0.0245 e. The highest BCUT2D eigenvalue weighted by Gasteiger charge is 2.19. The zero-order chi connectivity index (χ0) is 13.4. The minimum atomic E-state index is 0.619. The van der Waals surface area contributed by atoms with E-state index in [-0.39, 0.29) is 0 Å². The molecule has 1 rings (SSSR count). The van der Waals surface area contributed by atoms with Crippen molar-refractivity contribution in [1.29, 1.82) is 0 Å². The van der Waals surface area contributed by atoms with Crippen LogP contribution in [-0.4, -0.2) is 17.8 Å². The van der Waals surface area contributed by atoms with Crippen molar-refractivity contribution >= 4 is 27.7 Å². The van der Waals surface area contributed by atoms with Crippen molar-refractivity contribution in [2.75, 3.05) is 6.54 Å². The molecular formula is C15H24BrNS. The van der Waals surface area contributed by atoms with E-state index in [9.17, 15) is 0 Å². The van der Waals surface area contributed by atoms with E-state index in [1.54, 1.807) is 0 Å². The molecule has 0 aliphatic heterocycles. The molecule has 2 unspecified atom stereocenters. The van der Waals surface area contributed by atoms with E-state index in [0.29, 0.717) is 11.3 Å². The van der Waals surface area contributed by atoms with Crippen LogP contribution in [0.1, 0.15) is 40.0 Å². The molecule has 3 heteroatoms. The zero-order valence-corrected chi connectivity index (χ0v) is 14.0. The van der Waals surface area contributed by atoms with Crippen molar-refractivity contribution in [1.82, 2.24) is 5.32 Å². The summed E-state index contributed by atoms with van der Waals surface area (Å²) in [5.41, 5.74) is 0. The first kappa shape index (κ1) is 16.1. The van der Waals surface area contributed by atoms with Crippen LogP contribution >= 0.6 is 27.7 Å². The highest BCUT2D eigenvalue weighted by Crippen LogP contribution is 2.30. The van der Waals surface area contributed by atoms with Gasteiger partial charge in [-0.2, -0.15) is 0 Å². The van der Waals surface area contributed by atoms with Gasteiger partial charge in [0.1, 0.15) is 0 Å². The van der Waals surface area contributed by atoms with Gasteiger partial charge in [-0.3, -0.25) is 0 Å². The summed E-state index contributed by atoms with van der Waals surface area (Å²) in [5.74, 6) is 0. The quantitative estimate of drug-likeness (QED) is 0.666. The highest BCUT2D eigenvalue weighted by atomic mass is 79.9. The van der Waals surface area contributed by atoms with E-state index in [0.717, 1.165) is 11.0 Å². The molecule has 1 aromatic rings. The second-order valence-corrected chi connectivity index (χ2v) is 6.70. The fraction of sp³-hybridized carbons (Fsp3) is 0.600. The fourth-order valence-electron chi connectivity index (χ4n) is 2.16.